The molecule has 0 aliphatic carbocycles. The summed E-state index contributed by atoms with van der Waals surface area (Å²) >= 11 is 0. The van der Waals surface area contributed by atoms with Crippen LogP contribution in [0.3, 0.4) is 0 Å². The highest BCUT2D eigenvalue weighted by molar-refractivity contribution is 6.05. The smallest absolute Gasteiger partial charge is 0.135 e. The van der Waals surface area contributed by atoms with Gasteiger partial charge >= 0.3 is 0 Å². The minimum Gasteiger partial charge on any atom is -0.508 e. The summed E-state index contributed by atoms with van der Waals surface area (Å²) in [7, 11) is 0. The van der Waals surface area contributed by atoms with Crippen molar-refractivity contribution in [1.82, 2.24) is 0 Å². The van der Waals surface area contributed by atoms with Crippen LogP contribution in [0.1, 0.15) is 26.3 Å². The van der Waals surface area contributed by atoms with Crippen LogP contribution in [0.25, 0.3) is 21.9 Å². The number of aromatic hydroxyl groups is 1. The lowest BCUT2D eigenvalue weighted by Crippen LogP contribution is -2.10. The zero-order valence-corrected chi connectivity index (χ0v) is 10.8. The first-order valence-electron chi connectivity index (χ1n) is 6.11. The van der Waals surface area contributed by atoms with Gasteiger partial charge in [0.05, 0.1) is 0 Å². The molecule has 0 amide bonds. The van der Waals surface area contributed by atoms with Gasteiger partial charge in [-0.2, -0.15) is 0 Å². The Labute approximate surface area is 106 Å². The molecule has 2 nitrogen and oxygen atoms in total. The molecule has 0 aliphatic rings. The van der Waals surface area contributed by atoms with Gasteiger partial charge in [-0.1, -0.05) is 26.8 Å². The number of fused-ring (bicyclic) bond motifs is 3. The maximum atomic E-state index is 9.60. The zero-order valence-electron chi connectivity index (χ0n) is 10.8. The molecule has 0 saturated heterocycles. The van der Waals surface area contributed by atoms with Gasteiger partial charge in [0.15, 0.2) is 0 Å². The first-order chi connectivity index (χ1) is 8.45. The summed E-state index contributed by atoms with van der Waals surface area (Å²) < 4.78 is 5.76. The van der Waals surface area contributed by atoms with Crippen LogP contribution in [-0.2, 0) is 5.41 Å². The number of rotatable bonds is 0. The average molecular weight is 240 g/mol. The van der Waals surface area contributed by atoms with Gasteiger partial charge in [0, 0.05) is 10.8 Å². The molecule has 0 radical (unpaired) electrons. The molecule has 92 valence electrons. The summed E-state index contributed by atoms with van der Waals surface area (Å²) in [6, 6.07) is 11.5. The van der Waals surface area contributed by atoms with Gasteiger partial charge in [-0.25, -0.2) is 0 Å². The van der Waals surface area contributed by atoms with Crippen molar-refractivity contribution in [2.45, 2.75) is 26.2 Å². The number of hydrogen-bond acceptors (Lipinski definition) is 2. The second-order valence-corrected chi connectivity index (χ2v) is 5.74. The van der Waals surface area contributed by atoms with E-state index in [0.717, 1.165) is 21.9 Å². The van der Waals surface area contributed by atoms with Crippen LogP contribution in [-0.4, -0.2) is 5.11 Å². The molecule has 0 unspecified atom stereocenters. The monoisotopic (exact) mass is 240 g/mol. The van der Waals surface area contributed by atoms with Gasteiger partial charge in [-0.05, 0) is 41.3 Å². The summed E-state index contributed by atoms with van der Waals surface area (Å²) in [6.07, 6.45) is 0. The van der Waals surface area contributed by atoms with Crippen molar-refractivity contribution in [2.24, 2.45) is 0 Å². The molecule has 1 heterocycles. The first-order valence-corrected chi connectivity index (χ1v) is 6.11. The van der Waals surface area contributed by atoms with Gasteiger partial charge in [0.1, 0.15) is 16.9 Å². The second-order valence-electron chi connectivity index (χ2n) is 5.74. The Bertz CT molecular complexity index is 730. The van der Waals surface area contributed by atoms with Crippen LogP contribution in [0.15, 0.2) is 40.8 Å². The molecule has 0 saturated carbocycles. The summed E-state index contributed by atoms with van der Waals surface area (Å²) in [5, 5.41) is 11.6. The lowest BCUT2D eigenvalue weighted by molar-refractivity contribution is 0.476. The molecule has 3 rings (SSSR count). The number of phenolic OH excluding ortho intramolecular Hbond substituents is 1. The number of hydrogen-bond donors (Lipinski definition) is 1. The Morgan fingerprint density at radius 3 is 2.17 bits per heavy atom. The lowest BCUT2D eigenvalue weighted by atomic mass is 9.86. The van der Waals surface area contributed by atoms with Crippen LogP contribution in [0, 0.1) is 0 Å². The van der Waals surface area contributed by atoms with Crippen molar-refractivity contribution in [3.63, 3.8) is 0 Å². The average Bonchev–Trinajstić information content (AvgIpc) is 2.65. The predicted molar refractivity (Wildman–Crippen MR) is 74.1 cm³/mol. The Hall–Kier alpha value is -1.96. The zero-order chi connectivity index (χ0) is 12.9. The van der Waals surface area contributed by atoms with E-state index in [0.29, 0.717) is 0 Å². The third kappa shape index (κ3) is 1.65. The van der Waals surface area contributed by atoms with Crippen molar-refractivity contribution in [3.8, 4) is 5.75 Å². The molecule has 3 aromatic rings. The van der Waals surface area contributed by atoms with Crippen molar-refractivity contribution in [3.05, 3.63) is 42.0 Å². The SMILES string of the molecule is CC(C)(C)c1ccc2oc3ccc(O)cc3c2c1. The number of phenols is 1. The summed E-state index contributed by atoms with van der Waals surface area (Å²) in [5.74, 6) is 0.270. The highest BCUT2D eigenvalue weighted by Crippen LogP contribution is 2.34. The molecule has 2 heteroatoms. The molecule has 1 N–H and O–H groups in total. The van der Waals surface area contributed by atoms with E-state index in [4.69, 9.17) is 4.42 Å². The van der Waals surface area contributed by atoms with Crippen molar-refractivity contribution >= 4 is 21.9 Å². The molecular formula is C16H16O2. The first kappa shape index (κ1) is 11.1. The summed E-state index contributed by atoms with van der Waals surface area (Å²) in [5.41, 5.74) is 3.05. The van der Waals surface area contributed by atoms with Crippen molar-refractivity contribution < 1.29 is 9.52 Å². The standard InChI is InChI=1S/C16H16O2/c1-16(2,3)10-4-6-14-12(8-10)13-9-11(17)5-7-15(13)18-14/h4-9,17H,1-3H3. The van der Waals surface area contributed by atoms with E-state index in [9.17, 15) is 5.11 Å². The fourth-order valence-electron chi connectivity index (χ4n) is 2.23. The molecule has 0 atom stereocenters. The Kier molecular flexibility index (Phi) is 2.18. The maximum absolute atomic E-state index is 9.60. The van der Waals surface area contributed by atoms with Gasteiger partial charge in [0.2, 0.25) is 0 Å². The predicted octanol–water partition coefficient (Wildman–Crippen LogP) is 4.59. The van der Waals surface area contributed by atoms with Gasteiger partial charge < -0.3 is 9.52 Å². The number of furan rings is 1. The molecular weight excluding hydrogens is 224 g/mol. The maximum Gasteiger partial charge on any atom is 0.135 e. The molecule has 2 aromatic carbocycles. The Balaban J connectivity index is 2.38. The molecule has 0 fully saturated rings. The summed E-state index contributed by atoms with van der Waals surface area (Å²) in [6.45, 7) is 6.57. The largest absolute Gasteiger partial charge is 0.508 e. The van der Waals surface area contributed by atoms with E-state index in [1.165, 1.54) is 5.56 Å². The minimum absolute atomic E-state index is 0.106. The normalized spacial score (nSPS) is 12.4. The quantitative estimate of drug-likeness (QED) is 0.623. The van der Waals surface area contributed by atoms with E-state index in [1.54, 1.807) is 18.2 Å². The van der Waals surface area contributed by atoms with E-state index in [1.807, 2.05) is 6.07 Å². The van der Waals surface area contributed by atoms with Crippen LogP contribution < -0.4 is 0 Å². The van der Waals surface area contributed by atoms with E-state index in [-0.39, 0.29) is 11.2 Å². The highest BCUT2D eigenvalue weighted by Gasteiger charge is 2.16. The number of benzene rings is 2. The topological polar surface area (TPSA) is 33.4 Å². The molecule has 0 bridgehead atoms. The van der Waals surface area contributed by atoms with E-state index >= 15 is 0 Å². The Morgan fingerprint density at radius 2 is 1.50 bits per heavy atom. The van der Waals surface area contributed by atoms with Crippen LogP contribution in [0.4, 0.5) is 0 Å². The van der Waals surface area contributed by atoms with Gasteiger partial charge in [0.25, 0.3) is 0 Å². The summed E-state index contributed by atoms with van der Waals surface area (Å²) in [4.78, 5) is 0. The molecule has 0 aliphatic heterocycles. The second kappa shape index (κ2) is 3.52. The van der Waals surface area contributed by atoms with Crippen LogP contribution in [0.2, 0.25) is 0 Å². The molecule has 0 spiro atoms. The fraction of sp³-hybridized carbons (Fsp3) is 0.250. The van der Waals surface area contributed by atoms with Crippen LogP contribution in [0.5, 0.6) is 5.75 Å². The third-order valence-corrected chi connectivity index (χ3v) is 3.32. The minimum atomic E-state index is 0.106. The molecule has 18 heavy (non-hydrogen) atoms. The van der Waals surface area contributed by atoms with Crippen molar-refractivity contribution in [2.75, 3.05) is 0 Å². The Morgan fingerprint density at radius 1 is 0.889 bits per heavy atom. The molecule has 1 aromatic heterocycles. The van der Waals surface area contributed by atoms with Gasteiger partial charge in [-0.3, -0.25) is 0 Å². The van der Waals surface area contributed by atoms with Gasteiger partial charge in [-0.15, -0.1) is 0 Å². The lowest BCUT2D eigenvalue weighted by Gasteiger charge is -2.18. The van der Waals surface area contributed by atoms with Crippen LogP contribution >= 0.6 is 0 Å². The third-order valence-electron chi connectivity index (χ3n) is 3.32. The van der Waals surface area contributed by atoms with E-state index < -0.39 is 0 Å². The highest BCUT2D eigenvalue weighted by atomic mass is 16.3. The van der Waals surface area contributed by atoms with Crippen molar-refractivity contribution in [1.29, 1.82) is 0 Å². The van der Waals surface area contributed by atoms with E-state index in [2.05, 4.69) is 32.9 Å². The fourth-order valence-corrected chi connectivity index (χ4v) is 2.23.